The van der Waals surface area contributed by atoms with Gasteiger partial charge in [0.05, 0.1) is 0 Å². The van der Waals surface area contributed by atoms with E-state index >= 15 is 0 Å². The van der Waals surface area contributed by atoms with Gasteiger partial charge in [-0.05, 0) is 55.0 Å². The zero-order valence-electron chi connectivity index (χ0n) is 12.0. The van der Waals surface area contributed by atoms with Crippen LogP contribution in [0.4, 0.5) is 0 Å². The van der Waals surface area contributed by atoms with E-state index in [9.17, 15) is 0 Å². The van der Waals surface area contributed by atoms with Crippen molar-refractivity contribution in [1.82, 2.24) is 5.32 Å². The molecule has 0 atom stereocenters. The normalized spacial score (nSPS) is 17.4. The first-order valence-electron chi connectivity index (χ1n) is 7.35. The van der Waals surface area contributed by atoms with Crippen LogP contribution in [0.25, 0.3) is 10.8 Å². The molecule has 0 spiro atoms. The Morgan fingerprint density at radius 1 is 1.05 bits per heavy atom. The van der Waals surface area contributed by atoms with Crippen LogP contribution in [-0.2, 0) is 6.42 Å². The molecule has 1 N–H and O–H groups in total. The molecule has 0 unspecified atom stereocenters. The molecular formula is C18H23N. The molecule has 1 fully saturated rings. The molecular weight excluding hydrogens is 230 g/mol. The van der Waals surface area contributed by atoms with Crippen molar-refractivity contribution in [1.29, 1.82) is 0 Å². The molecule has 0 aliphatic heterocycles. The Kier molecular flexibility index (Phi) is 3.32. The Hall–Kier alpha value is -1.34. The van der Waals surface area contributed by atoms with Crippen molar-refractivity contribution < 1.29 is 0 Å². The summed E-state index contributed by atoms with van der Waals surface area (Å²) in [6.45, 7) is 3.31. The van der Waals surface area contributed by atoms with Gasteiger partial charge in [0.25, 0.3) is 0 Å². The van der Waals surface area contributed by atoms with Crippen molar-refractivity contribution in [2.24, 2.45) is 5.41 Å². The Morgan fingerprint density at radius 3 is 2.47 bits per heavy atom. The van der Waals surface area contributed by atoms with Crippen molar-refractivity contribution in [3.05, 3.63) is 47.5 Å². The lowest BCUT2D eigenvalue weighted by Crippen LogP contribution is -2.40. The second-order valence-electron chi connectivity index (χ2n) is 6.25. The fourth-order valence-corrected chi connectivity index (χ4v) is 3.43. The largest absolute Gasteiger partial charge is 0.319 e. The summed E-state index contributed by atoms with van der Waals surface area (Å²) in [5.41, 5.74) is 3.35. The van der Waals surface area contributed by atoms with Crippen LogP contribution in [0, 0.1) is 12.3 Å². The number of rotatable bonds is 4. The number of aryl methyl sites for hydroxylation is 1. The quantitative estimate of drug-likeness (QED) is 0.865. The van der Waals surface area contributed by atoms with E-state index in [2.05, 4.69) is 55.7 Å². The van der Waals surface area contributed by atoms with Crippen LogP contribution in [-0.4, -0.2) is 13.6 Å². The van der Waals surface area contributed by atoms with E-state index in [0.717, 1.165) is 6.54 Å². The van der Waals surface area contributed by atoms with Gasteiger partial charge in [0.2, 0.25) is 0 Å². The summed E-state index contributed by atoms with van der Waals surface area (Å²) in [7, 11) is 2.07. The van der Waals surface area contributed by atoms with Crippen molar-refractivity contribution in [3.8, 4) is 0 Å². The van der Waals surface area contributed by atoms with Gasteiger partial charge in [-0.25, -0.2) is 0 Å². The summed E-state index contributed by atoms with van der Waals surface area (Å²) < 4.78 is 0. The molecule has 1 aliphatic carbocycles. The summed E-state index contributed by atoms with van der Waals surface area (Å²) in [5, 5.41) is 6.11. The molecule has 1 aliphatic rings. The number of fused-ring (bicyclic) bond motifs is 1. The first-order valence-corrected chi connectivity index (χ1v) is 7.35. The average molecular weight is 253 g/mol. The molecule has 0 aromatic heterocycles. The molecule has 0 bridgehead atoms. The maximum Gasteiger partial charge on any atom is 0.000799 e. The smallest absolute Gasteiger partial charge is 0.000799 e. The topological polar surface area (TPSA) is 12.0 Å². The van der Waals surface area contributed by atoms with Crippen molar-refractivity contribution in [3.63, 3.8) is 0 Å². The lowest BCUT2D eigenvalue weighted by atomic mass is 9.65. The maximum absolute atomic E-state index is 3.38. The van der Waals surface area contributed by atoms with E-state index in [1.165, 1.54) is 47.6 Å². The molecule has 0 amide bonds. The molecule has 0 radical (unpaired) electrons. The molecule has 100 valence electrons. The molecule has 19 heavy (non-hydrogen) atoms. The summed E-state index contributed by atoms with van der Waals surface area (Å²) in [5.74, 6) is 0. The summed E-state index contributed by atoms with van der Waals surface area (Å²) in [6.07, 6.45) is 5.37. The minimum absolute atomic E-state index is 0.521. The fourth-order valence-electron chi connectivity index (χ4n) is 3.43. The van der Waals surface area contributed by atoms with Crippen molar-refractivity contribution in [2.45, 2.75) is 32.6 Å². The predicted octanol–water partition coefficient (Wildman–Crippen LogP) is 4.08. The Morgan fingerprint density at radius 2 is 1.79 bits per heavy atom. The summed E-state index contributed by atoms with van der Waals surface area (Å²) in [6, 6.07) is 13.7. The average Bonchev–Trinajstić information content (AvgIpc) is 2.36. The van der Waals surface area contributed by atoms with E-state index in [4.69, 9.17) is 0 Å². The van der Waals surface area contributed by atoms with Gasteiger partial charge in [-0.15, -0.1) is 0 Å². The third-order valence-corrected chi connectivity index (χ3v) is 4.61. The Balaban J connectivity index is 1.87. The molecule has 2 aromatic rings. The van der Waals surface area contributed by atoms with E-state index in [1.54, 1.807) is 0 Å². The van der Waals surface area contributed by atoms with E-state index in [0.29, 0.717) is 5.41 Å². The van der Waals surface area contributed by atoms with Crippen molar-refractivity contribution >= 4 is 10.8 Å². The highest BCUT2D eigenvalue weighted by Gasteiger charge is 2.36. The van der Waals surface area contributed by atoms with Gasteiger partial charge < -0.3 is 5.32 Å². The van der Waals surface area contributed by atoms with Gasteiger partial charge >= 0.3 is 0 Å². The number of benzene rings is 2. The second kappa shape index (κ2) is 4.97. The zero-order chi connectivity index (χ0) is 13.3. The van der Waals surface area contributed by atoms with Crippen molar-refractivity contribution in [2.75, 3.05) is 13.6 Å². The predicted molar refractivity (Wildman–Crippen MR) is 82.6 cm³/mol. The standard InChI is InChI=1S/C18H23N/c1-14-4-6-17-11-15(5-7-16(17)10-14)12-18(13-19-2)8-3-9-18/h4-7,10-11,19H,3,8-9,12-13H2,1-2H3. The van der Waals surface area contributed by atoms with Crippen LogP contribution in [0.1, 0.15) is 30.4 Å². The third kappa shape index (κ3) is 2.52. The van der Waals surface area contributed by atoms with E-state index in [-0.39, 0.29) is 0 Å². The van der Waals surface area contributed by atoms with Gasteiger partial charge in [-0.1, -0.05) is 48.4 Å². The zero-order valence-corrected chi connectivity index (χ0v) is 12.0. The van der Waals surface area contributed by atoms with Crippen LogP contribution in [0.3, 0.4) is 0 Å². The molecule has 2 aromatic carbocycles. The lowest BCUT2D eigenvalue weighted by molar-refractivity contribution is 0.133. The number of hydrogen-bond donors (Lipinski definition) is 1. The van der Waals surface area contributed by atoms with Gasteiger partial charge in [-0.3, -0.25) is 0 Å². The first-order chi connectivity index (χ1) is 9.21. The highest BCUT2D eigenvalue weighted by molar-refractivity contribution is 5.83. The third-order valence-electron chi connectivity index (χ3n) is 4.61. The molecule has 1 heteroatoms. The molecule has 0 heterocycles. The molecule has 1 nitrogen and oxygen atoms in total. The fraction of sp³-hybridized carbons (Fsp3) is 0.444. The monoisotopic (exact) mass is 253 g/mol. The first kappa shape index (κ1) is 12.7. The van der Waals surface area contributed by atoms with Crippen LogP contribution in [0.15, 0.2) is 36.4 Å². The van der Waals surface area contributed by atoms with E-state index < -0.39 is 0 Å². The van der Waals surface area contributed by atoms with Gasteiger partial charge in [0, 0.05) is 6.54 Å². The minimum atomic E-state index is 0.521. The lowest BCUT2D eigenvalue weighted by Gasteiger charge is -2.42. The highest BCUT2D eigenvalue weighted by atomic mass is 14.8. The SMILES string of the molecule is CNCC1(Cc2ccc3cc(C)ccc3c2)CCC1. The maximum atomic E-state index is 3.38. The van der Waals surface area contributed by atoms with Crippen LogP contribution >= 0.6 is 0 Å². The Labute approximate surface area is 116 Å². The van der Waals surface area contributed by atoms with Gasteiger partial charge in [-0.2, -0.15) is 0 Å². The van der Waals surface area contributed by atoms with Crippen LogP contribution < -0.4 is 5.32 Å². The van der Waals surface area contributed by atoms with Crippen LogP contribution in [0.5, 0.6) is 0 Å². The number of nitrogens with one attached hydrogen (secondary N) is 1. The summed E-state index contributed by atoms with van der Waals surface area (Å²) in [4.78, 5) is 0. The molecule has 3 rings (SSSR count). The minimum Gasteiger partial charge on any atom is -0.319 e. The van der Waals surface area contributed by atoms with E-state index in [1.807, 2.05) is 0 Å². The Bertz CT molecular complexity index is 581. The summed E-state index contributed by atoms with van der Waals surface area (Å²) >= 11 is 0. The highest BCUT2D eigenvalue weighted by Crippen LogP contribution is 2.43. The molecule has 1 saturated carbocycles. The van der Waals surface area contributed by atoms with Gasteiger partial charge in [0.1, 0.15) is 0 Å². The van der Waals surface area contributed by atoms with Crippen LogP contribution in [0.2, 0.25) is 0 Å². The van der Waals surface area contributed by atoms with Gasteiger partial charge in [0.15, 0.2) is 0 Å². The second-order valence-corrected chi connectivity index (χ2v) is 6.25. The number of hydrogen-bond acceptors (Lipinski definition) is 1. The molecule has 0 saturated heterocycles.